The van der Waals surface area contributed by atoms with Crippen molar-refractivity contribution in [1.29, 1.82) is 0 Å². The number of aromatic nitrogens is 1. The van der Waals surface area contributed by atoms with Crippen LogP contribution in [0.5, 0.6) is 0 Å². The van der Waals surface area contributed by atoms with Crippen molar-refractivity contribution in [2.45, 2.75) is 25.5 Å². The Morgan fingerprint density at radius 3 is 2.50 bits per heavy atom. The number of anilines is 2. The van der Waals surface area contributed by atoms with Gasteiger partial charge in [-0.2, -0.15) is 0 Å². The van der Waals surface area contributed by atoms with Gasteiger partial charge in [-0.25, -0.2) is 9.78 Å². The van der Waals surface area contributed by atoms with E-state index < -0.39 is 6.10 Å². The third-order valence-electron chi connectivity index (χ3n) is 3.60. The number of rotatable bonds is 6. The summed E-state index contributed by atoms with van der Waals surface area (Å²) >= 11 is 0. The van der Waals surface area contributed by atoms with Crippen molar-refractivity contribution in [3.8, 4) is 0 Å². The first-order valence-electron chi connectivity index (χ1n) is 7.89. The number of carbonyl (C=O) groups excluding carboxylic acids is 1. The SMILES string of the molecule is CC(CC(O)c1ccccc1)NC(=O)Nc1ccc(N(C)C)nc1. The number of urea groups is 1. The molecule has 0 radical (unpaired) electrons. The average molecular weight is 328 g/mol. The molecule has 2 unspecified atom stereocenters. The van der Waals surface area contributed by atoms with E-state index >= 15 is 0 Å². The van der Waals surface area contributed by atoms with Gasteiger partial charge in [0, 0.05) is 20.1 Å². The molecule has 0 spiro atoms. The van der Waals surface area contributed by atoms with E-state index in [-0.39, 0.29) is 12.1 Å². The lowest BCUT2D eigenvalue weighted by Crippen LogP contribution is -2.37. The second kappa shape index (κ2) is 8.31. The number of benzene rings is 1. The van der Waals surface area contributed by atoms with Gasteiger partial charge in [0.05, 0.1) is 18.0 Å². The predicted molar refractivity (Wildman–Crippen MR) is 96.2 cm³/mol. The Kier molecular flexibility index (Phi) is 6.14. The van der Waals surface area contributed by atoms with Crippen molar-refractivity contribution >= 4 is 17.5 Å². The fourth-order valence-electron chi connectivity index (χ4n) is 2.32. The lowest BCUT2D eigenvalue weighted by atomic mass is 10.0. The van der Waals surface area contributed by atoms with Crippen LogP contribution in [0.1, 0.15) is 25.0 Å². The van der Waals surface area contributed by atoms with Crippen LogP contribution >= 0.6 is 0 Å². The first kappa shape index (κ1) is 17.7. The predicted octanol–water partition coefficient (Wildman–Crippen LogP) is 2.78. The van der Waals surface area contributed by atoms with E-state index in [2.05, 4.69) is 15.6 Å². The first-order valence-corrected chi connectivity index (χ1v) is 7.89. The maximum absolute atomic E-state index is 12.0. The summed E-state index contributed by atoms with van der Waals surface area (Å²) in [6.07, 6.45) is 1.44. The fraction of sp³-hybridized carbons (Fsp3) is 0.333. The Balaban J connectivity index is 1.83. The summed E-state index contributed by atoms with van der Waals surface area (Å²) in [5.74, 6) is 0.820. The van der Waals surface area contributed by atoms with Crippen molar-refractivity contribution in [2.75, 3.05) is 24.3 Å². The minimum absolute atomic E-state index is 0.172. The van der Waals surface area contributed by atoms with Gasteiger partial charge in [0.1, 0.15) is 5.82 Å². The standard InChI is InChI=1S/C18H24N4O2/c1-13(11-16(23)14-7-5-4-6-8-14)20-18(24)21-15-9-10-17(19-12-15)22(2)3/h4-10,12-13,16,23H,11H2,1-3H3,(H2,20,21,24). The third kappa shape index (κ3) is 5.24. The fourth-order valence-corrected chi connectivity index (χ4v) is 2.32. The lowest BCUT2D eigenvalue weighted by molar-refractivity contribution is 0.155. The van der Waals surface area contributed by atoms with Crippen LogP contribution in [-0.2, 0) is 0 Å². The van der Waals surface area contributed by atoms with E-state index in [1.54, 1.807) is 12.3 Å². The molecule has 0 aliphatic carbocycles. The Morgan fingerprint density at radius 2 is 1.92 bits per heavy atom. The molecule has 2 aromatic rings. The number of aliphatic hydroxyl groups is 1. The van der Waals surface area contributed by atoms with Gasteiger partial charge in [-0.3, -0.25) is 0 Å². The highest BCUT2D eigenvalue weighted by Gasteiger charge is 2.14. The number of nitrogens with zero attached hydrogens (tertiary/aromatic N) is 2. The number of carbonyl (C=O) groups is 1. The number of nitrogens with one attached hydrogen (secondary N) is 2. The molecule has 3 N–H and O–H groups in total. The molecular weight excluding hydrogens is 304 g/mol. The van der Waals surface area contributed by atoms with E-state index in [1.807, 2.05) is 62.3 Å². The van der Waals surface area contributed by atoms with Crippen LogP contribution in [-0.4, -0.2) is 36.3 Å². The molecular formula is C18H24N4O2. The topological polar surface area (TPSA) is 77.5 Å². The first-order chi connectivity index (χ1) is 11.5. The van der Waals surface area contributed by atoms with Gasteiger partial charge in [-0.1, -0.05) is 30.3 Å². The molecule has 0 saturated heterocycles. The van der Waals surface area contributed by atoms with E-state index in [0.29, 0.717) is 12.1 Å². The van der Waals surface area contributed by atoms with Crippen molar-refractivity contribution in [1.82, 2.24) is 10.3 Å². The molecule has 2 rings (SSSR count). The molecule has 128 valence electrons. The molecule has 1 aromatic heterocycles. The average Bonchev–Trinajstić information content (AvgIpc) is 2.55. The maximum Gasteiger partial charge on any atom is 0.319 e. The van der Waals surface area contributed by atoms with Gasteiger partial charge in [0.25, 0.3) is 0 Å². The summed E-state index contributed by atoms with van der Waals surface area (Å²) in [6.45, 7) is 1.86. The van der Waals surface area contributed by atoms with Gasteiger partial charge in [0.15, 0.2) is 0 Å². The number of hydrogen-bond acceptors (Lipinski definition) is 4. The molecule has 0 aliphatic rings. The number of hydrogen-bond donors (Lipinski definition) is 3. The van der Waals surface area contributed by atoms with Crippen LogP contribution in [0.3, 0.4) is 0 Å². The third-order valence-corrected chi connectivity index (χ3v) is 3.60. The van der Waals surface area contributed by atoms with E-state index in [1.165, 1.54) is 0 Å². The molecule has 24 heavy (non-hydrogen) atoms. The minimum atomic E-state index is -0.609. The molecule has 1 aromatic carbocycles. The van der Waals surface area contributed by atoms with Crippen LogP contribution in [0.4, 0.5) is 16.3 Å². The molecule has 2 amide bonds. The van der Waals surface area contributed by atoms with Crippen molar-refractivity contribution in [2.24, 2.45) is 0 Å². The van der Waals surface area contributed by atoms with Crippen molar-refractivity contribution in [3.63, 3.8) is 0 Å². The zero-order valence-electron chi connectivity index (χ0n) is 14.2. The van der Waals surface area contributed by atoms with E-state index in [9.17, 15) is 9.90 Å². The summed E-state index contributed by atoms with van der Waals surface area (Å²) in [6, 6.07) is 12.5. The van der Waals surface area contributed by atoms with Crippen LogP contribution in [0.2, 0.25) is 0 Å². The summed E-state index contributed by atoms with van der Waals surface area (Å²) in [4.78, 5) is 18.1. The van der Waals surface area contributed by atoms with Gasteiger partial charge in [0.2, 0.25) is 0 Å². The molecule has 0 saturated carbocycles. The zero-order chi connectivity index (χ0) is 17.5. The monoisotopic (exact) mass is 328 g/mol. The minimum Gasteiger partial charge on any atom is -0.388 e. The normalized spacial score (nSPS) is 13.0. The van der Waals surface area contributed by atoms with Crippen LogP contribution < -0.4 is 15.5 Å². The highest BCUT2D eigenvalue weighted by molar-refractivity contribution is 5.89. The Bertz CT molecular complexity index is 644. The van der Waals surface area contributed by atoms with E-state index in [0.717, 1.165) is 11.4 Å². The quantitative estimate of drug-likeness (QED) is 0.762. The molecule has 0 aliphatic heterocycles. The summed E-state index contributed by atoms with van der Waals surface area (Å²) < 4.78 is 0. The van der Waals surface area contributed by atoms with Gasteiger partial charge < -0.3 is 20.6 Å². The molecule has 0 fully saturated rings. The molecule has 6 heteroatoms. The lowest BCUT2D eigenvalue weighted by Gasteiger charge is -2.18. The van der Waals surface area contributed by atoms with Crippen LogP contribution in [0, 0.1) is 0 Å². The smallest absolute Gasteiger partial charge is 0.319 e. The summed E-state index contributed by atoms with van der Waals surface area (Å²) in [5, 5.41) is 15.7. The Hall–Kier alpha value is -2.60. The Morgan fingerprint density at radius 1 is 1.21 bits per heavy atom. The summed E-state index contributed by atoms with van der Waals surface area (Å²) in [7, 11) is 3.81. The molecule has 2 atom stereocenters. The second-order valence-corrected chi connectivity index (χ2v) is 5.96. The van der Waals surface area contributed by atoms with Crippen LogP contribution in [0.25, 0.3) is 0 Å². The zero-order valence-corrected chi connectivity index (χ0v) is 14.2. The van der Waals surface area contributed by atoms with Crippen LogP contribution in [0.15, 0.2) is 48.7 Å². The van der Waals surface area contributed by atoms with Gasteiger partial charge >= 0.3 is 6.03 Å². The summed E-state index contributed by atoms with van der Waals surface area (Å²) in [5.41, 5.74) is 1.46. The van der Waals surface area contributed by atoms with Gasteiger partial charge in [-0.15, -0.1) is 0 Å². The van der Waals surface area contributed by atoms with E-state index in [4.69, 9.17) is 0 Å². The number of amides is 2. The maximum atomic E-state index is 12.0. The molecule has 0 bridgehead atoms. The number of pyridine rings is 1. The molecule has 6 nitrogen and oxygen atoms in total. The highest BCUT2D eigenvalue weighted by Crippen LogP contribution is 2.18. The second-order valence-electron chi connectivity index (χ2n) is 5.96. The number of aliphatic hydroxyl groups excluding tert-OH is 1. The van der Waals surface area contributed by atoms with Gasteiger partial charge in [-0.05, 0) is 31.0 Å². The largest absolute Gasteiger partial charge is 0.388 e. The Labute approximate surface area is 142 Å². The highest BCUT2D eigenvalue weighted by atomic mass is 16.3. The van der Waals surface area contributed by atoms with Crippen molar-refractivity contribution < 1.29 is 9.90 Å². The molecule has 1 heterocycles. The van der Waals surface area contributed by atoms with Crippen molar-refractivity contribution in [3.05, 3.63) is 54.2 Å².